The monoisotopic (exact) mass is 350 g/mol. The second-order valence-corrected chi connectivity index (χ2v) is 5.71. The van der Waals surface area contributed by atoms with Crippen LogP contribution in [0.15, 0.2) is 64.8 Å². The van der Waals surface area contributed by atoms with Crippen LogP contribution in [0.1, 0.15) is 24.0 Å². The van der Waals surface area contributed by atoms with Gasteiger partial charge in [0.05, 0.1) is 24.8 Å². The van der Waals surface area contributed by atoms with E-state index in [4.69, 9.17) is 4.74 Å². The Morgan fingerprint density at radius 3 is 2.85 bits per heavy atom. The fourth-order valence-electron chi connectivity index (χ4n) is 2.34. The van der Waals surface area contributed by atoms with Gasteiger partial charge < -0.3 is 4.74 Å². The summed E-state index contributed by atoms with van der Waals surface area (Å²) in [5.41, 5.74) is 7.10. The van der Waals surface area contributed by atoms with E-state index in [0.717, 1.165) is 11.1 Å². The van der Waals surface area contributed by atoms with E-state index in [1.165, 1.54) is 6.21 Å². The smallest absolute Gasteiger partial charge is 0.245 e. The first-order valence-electron chi connectivity index (χ1n) is 8.12. The van der Waals surface area contributed by atoms with Gasteiger partial charge in [0.15, 0.2) is 0 Å². The number of hydrogen-bond acceptors (Lipinski definition) is 5. The van der Waals surface area contributed by atoms with E-state index in [1.54, 1.807) is 0 Å². The summed E-state index contributed by atoms with van der Waals surface area (Å²) in [5, 5.41) is 7.69. The number of amides is 2. The zero-order chi connectivity index (χ0) is 18.2. The van der Waals surface area contributed by atoms with Crippen molar-refractivity contribution in [1.29, 1.82) is 0 Å². The summed E-state index contributed by atoms with van der Waals surface area (Å²) in [6.07, 6.45) is 1.72. The van der Waals surface area contributed by atoms with Crippen molar-refractivity contribution >= 4 is 23.7 Å². The molecule has 0 saturated heterocycles. The van der Waals surface area contributed by atoms with Crippen molar-refractivity contribution in [2.24, 2.45) is 10.2 Å². The number of rotatable bonds is 7. The maximum Gasteiger partial charge on any atom is 0.245 e. The predicted octanol–water partition coefficient (Wildman–Crippen LogP) is 1.98. The quantitative estimate of drug-likeness (QED) is 0.591. The Bertz CT molecular complexity index is 847. The van der Waals surface area contributed by atoms with Crippen LogP contribution in [0.2, 0.25) is 0 Å². The lowest BCUT2D eigenvalue weighted by atomic mass is 10.2. The van der Waals surface area contributed by atoms with Crippen molar-refractivity contribution in [3.63, 3.8) is 0 Å². The van der Waals surface area contributed by atoms with Crippen LogP contribution in [-0.2, 0) is 16.2 Å². The van der Waals surface area contributed by atoms with Gasteiger partial charge in [-0.2, -0.15) is 10.2 Å². The third-order valence-corrected chi connectivity index (χ3v) is 3.58. The number of carbonyl (C=O) groups is 2. The molecule has 1 aliphatic rings. The zero-order valence-corrected chi connectivity index (χ0v) is 14.0. The third kappa shape index (κ3) is 5.27. The molecule has 0 unspecified atom stereocenters. The highest BCUT2D eigenvalue weighted by Gasteiger charge is 2.16. The molecule has 0 bridgehead atoms. The summed E-state index contributed by atoms with van der Waals surface area (Å²) in [7, 11) is 0. The molecule has 2 amide bonds. The molecule has 0 saturated carbocycles. The molecule has 26 heavy (non-hydrogen) atoms. The zero-order valence-electron chi connectivity index (χ0n) is 14.0. The van der Waals surface area contributed by atoms with Crippen LogP contribution in [0.4, 0.5) is 0 Å². The van der Waals surface area contributed by atoms with Crippen LogP contribution in [-0.4, -0.2) is 23.7 Å². The summed E-state index contributed by atoms with van der Waals surface area (Å²) in [6, 6.07) is 17.3. The van der Waals surface area contributed by atoms with E-state index >= 15 is 0 Å². The van der Waals surface area contributed by atoms with Crippen molar-refractivity contribution in [3.8, 4) is 5.75 Å². The van der Waals surface area contributed by atoms with E-state index in [2.05, 4.69) is 21.1 Å². The molecule has 7 nitrogen and oxygen atoms in total. The molecule has 7 heteroatoms. The number of hydrazone groups is 2. The minimum Gasteiger partial charge on any atom is -0.489 e. The van der Waals surface area contributed by atoms with E-state index in [9.17, 15) is 9.59 Å². The molecular formula is C19H18N4O3. The van der Waals surface area contributed by atoms with Gasteiger partial charge in [0, 0.05) is 0 Å². The maximum absolute atomic E-state index is 11.8. The Balaban J connectivity index is 1.49. The molecule has 0 fully saturated rings. The molecule has 0 spiro atoms. The molecule has 132 valence electrons. The highest BCUT2D eigenvalue weighted by atomic mass is 16.5. The van der Waals surface area contributed by atoms with Gasteiger partial charge in [-0.1, -0.05) is 42.5 Å². The average Bonchev–Trinajstić information content (AvgIpc) is 3.06. The second kappa shape index (κ2) is 8.57. The van der Waals surface area contributed by atoms with Gasteiger partial charge in [0.2, 0.25) is 11.8 Å². The van der Waals surface area contributed by atoms with Crippen molar-refractivity contribution in [2.75, 3.05) is 0 Å². The van der Waals surface area contributed by atoms with Crippen molar-refractivity contribution in [1.82, 2.24) is 10.9 Å². The maximum atomic E-state index is 11.8. The van der Waals surface area contributed by atoms with Gasteiger partial charge >= 0.3 is 0 Å². The van der Waals surface area contributed by atoms with E-state index in [0.29, 0.717) is 18.1 Å². The van der Waals surface area contributed by atoms with Gasteiger partial charge in [-0.05, 0) is 23.3 Å². The van der Waals surface area contributed by atoms with E-state index in [1.807, 2.05) is 54.6 Å². The molecular weight excluding hydrogens is 332 g/mol. The van der Waals surface area contributed by atoms with Crippen LogP contribution in [0.5, 0.6) is 5.75 Å². The van der Waals surface area contributed by atoms with E-state index < -0.39 is 0 Å². The summed E-state index contributed by atoms with van der Waals surface area (Å²) in [5.74, 6) is 0.186. The normalized spacial score (nSPS) is 13.4. The third-order valence-electron chi connectivity index (χ3n) is 3.58. The number of carbonyl (C=O) groups excluding carboxylic acids is 2. The molecule has 0 aromatic heterocycles. The Kier molecular flexibility index (Phi) is 5.72. The lowest BCUT2D eigenvalue weighted by Gasteiger charge is -2.06. The number of nitrogens with zero attached hydrogens (tertiary/aromatic N) is 2. The molecule has 2 N–H and O–H groups in total. The minimum absolute atomic E-state index is 0.0380. The summed E-state index contributed by atoms with van der Waals surface area (Å²) < 4.78 is 5.76. The molecule has 0 atom stereocenters. The molecule has 1 aliphatic heterocycles. The lowest BCUT2D eigenvalue weighted by molar-refractivity contribution is -0.119. The first-order valence-corrected chi connectivity index (χ1v) is 8.12. The average molecular weight is 350 g/mol. The van der Waals surface area contributed by atoms with Gasteiger partial charge in [0.25, 0.3) is 0 Å². The molecule has 1 heterocycles. The standard InChI is InChI=1S/C19H18N4O3/c24-18(10-16-11-19(25)23-21-16)22-20-12-15-7-4-8-17(9-15)26-13-14-5-2-1-3-6-14/h1-9,12H,10-11,13H2,(H,22,24)(H,23,25). The van der Waals surface area contributed by atoms with Gasteiger partial charge in [0.1, 0.15) is 12.4 Å². The largest absolute Gasteiger partial charge is 0.489 e. The second-order valence-electron chi connectivity index (χ2n) is 5.71. The topological polar surface area (TPSA) is 92.2 Å². The summed E-state index contributed by atoms with van der Waals surface area (Å²) >= 11 is 0. The van der Waals surface area contributed by atoms with Crippen LogP contribution < -0.4 is 15.6 Å². The number of benzene rings is 2. The van der Waals surface area contributed by atoms with Crippen LogP contribution >= 0.6 is 0 Å². The van der Waals surface area contributed by atoms with Gasteiger partial charge in [-0.3, -0.25) is 9.59 Å². The van der Waals surface area contributed by atoms with Crippen LogP contribution in [0.3, 0.4) is 0 Å². The molecule has 0 aliphatic carbocycles. The number of nitrogens with one attached hydrogen (secondary N) is 2. The molecule has 3 rings (SSSR count). The summed E-state index contributed by atoms with van der Waals surface area (Å²) in [6.45, 7) is 0.479. The van der Waals surface area contributed by atoms with E-state index in [-0.39, 0.29) is 24.7 Å². The van der Waals surface area contributed by atoms with Gasteiger partial charge in [-0.15, -0.1) is 0 Å². The van der Waals surface area contributed by atoms with Crippen molar-refractivity contribution in [2.45, 2.75) is 19.4 Å². The van der Waals surface area contributed by atoms with Crippen LogP contribution in [0, 0.1) is 0 Å². The lowest BCUT2D eigenvalue weighted by Crippen LogP contribution is -2.20. The highest BCUT2D eigenvalue weighted by molar-refractivity contribution is 6.11. The first-order chi connectivity index (χ1) is 12.7. The van der Waals surface area contributed by atoms with Crippen LogP contribution in [0.25, 0.3) is 0 Å². The molecule has 2 aromatic rings. The summed E-state index contributed by atoms with van der Waals surface area (Å²) in [4.78, 5) is 22.8. The Labute approximate surface area is 150 Å². The van der Waals surface area contributed by atoms with Gasteiger partial charge in [-0.25, -0.2) is 10.9 Å². The van der Waals surface area contributed by atoms with Crippen molar-refractivity contribution in [3.05, 3.63) is 65.7 Å². The predicted molar refractivity (Wildman–Crippen MR) is 97.8 cm³/mol. The Morgan fingerprint density at radius 1 is 1.23 bits per heavy atom. The van der Waals surface area contributed by atoms with Crippen molar-refractivity contribution < 1.29 is 14.3 Å². The molecule has 2 aromatic carbocycles. The SMILES string of the molecule is O=C(CC1=NNC(=O)C1)NN=Cc1cccc(OCc2ccccc2)c1. The minimum atomic E-state index is -0.326. The molecule has 0 radical (unpaired) electrons. The Morgan fingerprint density at radius 2 is 2.08 bits per heavy atom. The Hall–Kier alpha value is -3.48. The fraction of sp³-hybridized carbons (Fsp3) is 0.158. The number of ether oxygens (including phenoxy) is 1. The number of hydrogen-bond donors (Lipinski definition) is 2. The first kappa shape index (κ1) is 17.3. The fourth-order valence-corrected chi connectivity index (χ4v) is 2.34. The highest BCUT2D eigenvalue weighted by Crippen LogP contribution is 2.14.